The number of aryl methyl sites for hydroxylation is 2. The van der Waals surface area contributed by atoms with E-state index in [-0.39, 0.29) is 18.9 Å². The molecule has 0 radical (unpaired) electrons. The molecule has 5 nitrogen and oxygen atoms in total. The van der Waals surface area contributed by atoms with Gasteiger partial charge in [-0.05, 0) is 57.1 Å². The van der Waals surface area contributed by atoms with E-state index in [0.717, 1.165) is 36.1 Å². The van der Waals surface area contributed by atoms with Crippen molar-refractivity contribution in [2.75, 3.05) is 24.7 Å². The molecule has 0 bridgehead atoms. The lowest BCUT2D eigenvalue weighted by atomic mass is 9.97. The van der Waals surface area contributed by atoms with E-state index >= 15 is 0 Å². The Bertz CT molecular complexity index is 749. The smallest absolute Gasteiger partial charge is 0.225 e. The van der Waals surface area contributed by atoms with Crippen LogP contribution in [0.2, 0.25) is 0 Å². The zero-order chi connectivity index (χ0) is 19.2. The van der Waals surface area contributed by atoms with E-state index in [1.165, 1.54) is 29.0 Å². The summed E-state index contributed by atoms with van der Waals surface area (Å²) in [6, 6.07) is 5.85. The molecule has 0 unspecified atom stereocenters. The molecule has 0 fully saturated rings. The summed E-state index contributed by atoms with van der Waals surface area (Å²) in [6.45, 7) is 4.55. The predicted octanol–water partition coefficient (Wildman–Crippen LogP) is 3.78. The molecule has 144 valence electrons. The third-order valence-corrected chi connectivity index (χ3v) is 6.17. The average Bonchev–Trinajstić information content (AvgIpc) is 2.58. The number of sulfonamides is 1. The van der Waals surface area contributed by atoms with Gasteiger partial charge in [0.15, 0.2) is 0 Å². The van der Waals surface area contributed by atoms with Crippen LogP contribution in [0.25, 0.3) is 0 Å². The van der Waals surface area contributed by atoms with E-state index < -0.39 is 10.0 Å². The molecule has 1 aromatic rings. The van der Waals surface area contributed by atoms with Gasteiger partial charge in [0.05, 0.1) is 6.26 Å². The van der Waals surface area contributed by atoms with Crippen molar-refractivity contribution in [3.05, 3.63) is 41.0 Å². The number of carbonyl (C=O) groups excluding carboxylic acids is 1. The van der Waals surface area contributed by atoms with E-state index in [1.54, 1.807) is 0 Å². The monoisotopic (exact) mass is 378 g/mol. The van der Waals surface area contributed by atoms with Gasteiger partial charge in [0.2, 0.25) is 15.9 Å². The Morgan fingerprint density at radius 2 is 1.85 bits per heavy atom. The number of rotatable bonds is 8. The highest BCUT2D eigenvalue weighted by Gasteiger charge is 2.19. The number of hydrogen-bond acceptors (Lipinski definition) is 3. The Morgan fingerprint density at radius 3 is 2.42 bits per heavy atom. The quantitative estimate of drug-likeness (QED) is 0.700. The number of carbonyl (C=O) groups is 1. The van der Waals surface area contributed by atoms with Crippen molar-refractivity contribution in [1.82, 2.24) is 4.31 Å². The van der Waals surface area contributed by atoms with Crippen LogP contribution in [0.1, 0.15) is 49.7 Å². The third-order valence-electron chi connectivity index (χ3n) is 4.87. The minimum Gasteiger partial charge on any atom is -0.326 e. The summed E-state index contributed by atoms with van der Waals surface area (Å²) in [6.07, 6.45) is 8.91. The highest BCUT2D eigenvalue weighted by Crippen LogP contribution is 2.21. The van der Waals surface area contributed by atoms with Crippen LogP contribution in [0.3, 0.4) is 0 Å². The van der Waals surface area contributed by atoms with Crippen molar-refractivity contribution in [1.29, 1.82) is 0 Å². The van der Waals surface area contributed by atoms with Crippen molar-refractivity contribution < 1.29 is 13.2 Å². The van der Waals surface area contributed by atoms with Crippen LogP contribution in [-0.2, 0) is 14.8 Å². The van der Waals surface area contributed by atoms with Gasteiger partial charge in [0.25, 0.3) is 0 Å². The topological polar surface area (TPSA) is 66.5 Å². The van der Waals surface area contributed by atoms with Gasteiger partial charge in [-0.25, -0.2) is 12.7 Å². The van der Waals surface area contributed by atoms with E-state index in [1.807, 2.05) is 32.0 Å². The number of allylic oxidation sites excluding steroid dienone is 1. The summed E-state index contributed by atoms with van der Waals surface area (Å²) in [4.78, 5) is 12.3. The fourth-order valence-electron chi connectivity index (χ4n) is 3.28. The summed E-state index contributed by atoms with van der Waals surface area (Å²) in [5.41, 5.74) is 4.16. The normalized spacial score (nSPS) is 15.0. The Labute approximate surface area is 157 Å². The minimum atomic E-state index is -3.32. The van der Waals surface area contributed by atoms with Crippen molar-refractivity contribution >= 4 is 21.6 Å². The molecular formula is C20H30N2O3S. The van der Waals surface area contributed by atoms with Crippen LogP contribution in [0.4, 0.5) is 5.69 Å². The molecule has 1 amide bonds. The third kappa shape index (κ3) is 6.25. The van der Waals surface area contributed by atoms with Crippen molar-refractivity contribution in [2.24, 2.45) is 0 Å². The minimum absolute atomic E-state index is 0.153. The first kappa shape index (κ1) is 20.6. The number of benzene rings is 1. The maximum absolute atomic E-state index is 12.3. The summed E-state index contributed by atoms with van der Waals surface area (Å²) >= 11 is 0. The van der Waals surface area contributed by atoms with E-state index in [9.17, 15) is 13.2 Å². The Hall–Kier alpha value is -1.66. The summed E-state index contributed by atoms with van der Waals surface area (Å²) in [5.74, 6) is -0.159. The van der Waals surface area contributed by atoms with Crippen LogP contribution in [0.5, 0.6) is 0 Å². The van der Waals surface area contributed by atoms with E-state index in [2.05, 4.69) is 11.4 Å². The first-order chi connectivity index (χ1) is 12.3. The molecular weight excluding hydrogens is 348 g/mol. The zero-order valence-corrected chi connectivity index (χ0v) is 16.9. The van der Waals surface area contributed by atoms with Gasteiger partial charge in [0, 0.05) is 25.2 Å². The molecule has 2 rings (SSSR count). The molecule has 0 atom stereocenters. The average molecular weight is 379 g/mol. The van der Waals surface area contributed by atoms with Crippen LogP contribution in [0.15, 0.2) is 29.8 Å². The summed E-state index contributed by atoms with van der Waals surface area (Å²) in [5, 5.41) is 2.92. The van der Waals surface area contributed by atoms with E-state index in [4.69, 9.17) is 0 Å². The number of nitrogens with zero attached hydrogens (tertiary/aromatic N) is 1. The zero-order valence-electron chi connectivity index (χ0n) is 16.0. The predicted molar refractivity (Wildman–Crippen MR) is 107 cm³/mol. The molecule has 1 N–H and O–H groups in total. The number of hydrogen-bond donors (Lipinski definition) is 1. The van der Waals surface area contributed by atoms with Gasteiger partial charge in [-0.1, -0.05) is 29.8 Å². The van der Waals surface area contributed by atoms with Crippen LogP contribution < -0.4 is 5.32 Å². The van der Waals surface area contributed by atoms with Crippen LogP contribution >= 0.6 is 0 Å². The SMILES string of the molecule is Cc1cccc(C)c1NC(=O)CCN(CCC1=CCCCC1)S(C)(=O)=O. The van der Waals surface area contributed by atoms with Gasteiger partial charge < -0.3 is 5.32 Å². The fraction of sp³-hybridized carbons (Fsp3) is 0.550. The Balaban J connectivity index is 1.92. The molecule has 0 aromatic heterocycles. The second-order valence-electron chi connectivity index (χ2n) is 7.09. The van der Waals surface area contributed by atoms with Crippen LogP contribution in [0, 0.1) is 13.8 Å². The molecule has 1 aliphatic carbocycles. The first-order valence-electron chi connectivity index (χ1n) is 9.26. The summed E-state index contributed by atoms with van der Waals surface area (Å²) in [7, 11) is -3.32. The molecule has 26 heavy (non-hydrogen) atoms. The second-order valence-corrected chi connectivity index (χ2v) is 9.07. The number of nitrogens with one attached hydrogen (secondary N) is 1. The largest absolute Gasteiger partial charge is 0.326 e. The first-order valence-corrected chi connectivity index (χ1v) is 11.1. The number of amides is 1. The lowest BCUT2D eigenvalue weighted by Gasteiger charge is -2.21. The highest BCUT2D eigenvalue weighted by molar-refractivity contribution is 7.88. The van der Waals surface area contributed by atoms with Gasteiger partial charge in [0.1, 0.15) is 0 Å². The molecule has 0 saturated heterocycles. The fourth-order valence-corrected chi connectivity index (χ4v) is 4.13. The van der Waals surface area contributed by atoms with Crippen molar-refractivity contribution in [3.8, 4) is 0 Å². The van der Waals surface area contributed by atoms with Gasteiger partial charge in [-0.3, -0.25) is 4.79 Å². The molecule has 0 spiro atoms. The van der Waals surface area contributed by atoms with Crippen LogP contribution in [-0.4, -0.2) is 38.0 Å². The second kappa shape index (κ2) is 9.33. The molecule has 0 heterocycles. The van der Waals surface area contributed by atoms with Gasteiger partial charge >= 0.3 is 0 Å². The number of para-hydroxylation sites is 1. The number of anilines is 1. The summed E-state index contributed by atoms with van der Waals surface area (Å²) < 4.78 is 25.5. The molecule has 1 aromatic carbocycles. The van der Waals surface area contributed by atoms with Crippen molar-refractivity contribution in [3.63, 3.8) is 0 Å². The highest BCUT2D eigenvalue weighted by atomic mass is 32.2. The lowest BCUT2D eigenvalue weighted by Crippen LogP contribution is -2.34. The maximum Gasteiger partial charge on any atom is 0.225 e. The lowest BCUT2D eigenvalue weighted by molar-refractivity contribution is -0.116. The molecule has 0 aliphatic heterocycles. The van der Waals surface area contributed by atoms with Gasteiger partial charge in [-0.2, -0.15) is 0 Å². The standard InChI is InChI=1S/C20H30N2O3S/c1-16-8-7-9-17(2)20(16)21-19(23)13-15-22(26(3,24)25)14-12-18-10-5-4-6-11-18/h7-10H,4-6,11-15H2,1-3H3,(H,21,23). The molecule has 1 aliphatic rings. The van der Waals surface area contributed by atoms with Gasteiger partial charge in [-0.15, -0.1) is 0 Å². The molecule has 6 heteroatoms. The van der Waals surface area contributed by atoms with E-state index in [0.29, 0.717) is 6.54 Å². The maximum atomic E-state index is 12.3. The Kier molecular flexibility index (Phi) is 7.41. The Morgan fingerprint density at radius 1 is 1.15 bits per heavy atom. The molecule has 0 saturated carbocycles. The van der Waals surface area contributed by atoms with Crippen molar-refractivity contribution in [2.45, 2.75) is 52.4 Å².